The van der Waals surface area contributed by atoms with Crippen molar-refractivity contribution in [3.05, 3.63) is 0 Å². The summed E-state index contributed by atoms with van der Waals surface area (Å²) in [7, 11) is 0. The summed E-state index contributed by atoms with van der Waals surface area (Å²) in [6, 6.07) is 0. The van der Waals surface area contributed by atoms with Gasteiger partial charge in [0.05, 0.1) is 0 Å². The second kappa shape index (κ2) is 5.95. The van der Waals surface area contributed by atoms with E-state index in [2.05, 4.69) is 32.5 Å². The molecule has 1 fully saturated rings. The van der Waals surface area contributed by atoms with Crippen molar-refractivity contribution >= 4 is 11.8 Å². The first-order valence-corrected chi connectivity index (χ1v) is 6.88. The van der Waals surface area contributed by atoms with Crippen LogP contribution in [-0.4, -0.2) is 11.0 Å². The summed E-state index contributed by atoms with van der Waals surface area (Å²) < 4.78 is 0. The Bertz CT molecular complexity index is 131. The van der Waals surface area contributed by atoms with E-state index in [0.29, 0.717) is 0 Å². The molecule has 0 aromatic heterocycles. The van der Waals surface area contributed by atoms with Crippen molar-refractivity contribution in [1.82, 2.24) is 0 Å². The van der Waals surface area contributed by atoms with Crippen molar-refractivity contribution in [3.8, 4) is 0 Å². The zero-order valence-electron chi connectivity index (χ0n) is 9.38. The van der Waals surface area contributed by atoms with E-state index in [-0.39, 0.29) is 0 Å². The molecular weight excluding hydrogens is 176 g/mol. The fraction of sp³-hybridized carbons (Fsp3) is 1.00. The number of thioether (sulfide) groups is 1. The van der Waals surface area contributed by atoms with Crippen LogP contribution in [0.2, 0.25) is 0 Å². The van der Waals surface area contributed by atoms with Gasteiger partial charge in [0.25, 0.3) is 0 Å². The van der Waals surface area contributed by atoms with Gasteiger partial charge in [0.15, 0.2) is 0 Å². The van der Waals surface area contributed by atoms with Crippen LogP contribution < -0.4 is 0 Å². The van der Waals surface area contributed by atoms with Crippen LogP contribution in [0.5, 0.6) is 0 Å². The highest BCUT2D eigenvalue weighted by Gasteiger charge is 2.24. The summed E-state index contributed by atoms with van der Waals surface area (Å²) in [6.07, 6.45) is 7.23. The Morgan fingerprint density at radius 3 is 2.77 bits per heavy atom. The average Bonchev–Trinajstić information content (AvgIpc) is 2.48. The van der Waals surface area contributed by atoms with Crippen molar-refractivity contribution < 1.29 is 0 Å². The van der Waals surface area contributed by atoms with Crippen LogP contribution in [0.4, 0.5) is 0 Å². The van der Waals surface area contributed by atoms with Gasteiger partial charge in [0, 0.05) is 5.25 Å². The van der Waals surface area contributed by atoms with E-state index in [4.69, 9.17) is 0 Å². The van der Waals surface area contributed by atoms with E-state index in [1.54, 1.807) is 0 Å². The largest absolute Gasteiger partial charge is 0.158 e. The first-order valence-electron chi connectivity index (χ1n) is 5.84. The first-order chi connectivity index (χ1) is 6.22. The fourth-order valence-electron chi connectivity index (χ4n) is 2.24. The highest BCUT2D eigenvalue weighted by atomic mass is 32.2. The Morgan fingerprint density at radius 1 is 1.38 bits per heavy atom. The second-order valence-electron chi connectivity index (χ2n) is 4.83. The highest BCUT2D eigenvalue weighted by Crippen LogP contribution is 2.37. The molecule has 0 aromatic rings. The van der Waals surface area contributed by atoms with Crippen LogP contribution in [0, 0.1) is 11.8 Å². The number of rotatable bonds is 5. The second-order valence-corrected chi connectivity index (χ2v) is 6.16. The van der Waals surface area contributed by atoms with E-state index < -0.39 is 0 Å². The van der Waals surface area contributed by atoms with Gasteiger partial charge in [0.1, 0.15) is 0 Å². The predicted octanol–water partition coefficient (Wildman–Crippen LogP) is 4.34. The molecule has 0 aliphatic carbocycles. The van der Waals surface area contributed by atoms with Crippen molar-refractivity contribution in [2.75, 3.05) is 5.75 Å². The molecular formula is C12H24S. The minimum Gasteiger partial charge on any atom is -0.158 e. The Hall–Kier alpha value is 0.350. The maximum atomic E-state index is 2.35. The molecule has 1 saturated heterocycles. The van der Waals surface area contributed by atoms with Crippen molar-refractivity contribution in [1.29, 1.82) is 0 Å². The Kier molecular flexibility index (Phi) is 5.23. The Balaban J connectivity index is 2.12. The van der Waals surface area contributed by atoms with Crippen LogP contribution in [0.25, 0.3) is 0 Å². The van der Waals surface area contributed by atoms with Crippen LogP contribution >= 0.6 is 11.8 Å². The van der Waals surface area contributed by atoms with E-state index in [9.17, 15) is 0 Å². The maximum Gasteiger partial charge on any atom is 0.00500 e. The molecule has 1 aliphatic rings. The highest BCUT2D eigenvalue weighted by molar-refractivity contribution is 8.00. The summed E-state index contributed by atoms with van der Waals surface area (Å²) in [6.45, 7) is 7.00. The van der Waals surface area contributed by atoms with E-state index in [0.717, 1.165) is 17.1 Å². The minimum atomic E-state index is 0.899. The summed E-state index contributed by atoms with van der Waals surface area (Å²) in [5, 5.41) is 1.00. The number of hydrogen-bond donors (Lipinski definition) is 0. The zero-order valence-corrected chi connectivity index (χ0v) is 10.2. The summed E-state index contributed by atoms with van der Waals surface area (Å²) in [5.74, 6) is 3.37. The molecule has 78 valence electrons. The Morgan fingerprint density at radius 2 is 2.15 bits per heavy atom. The molecule has 1 heterocycles. The van der Waals surface area contributed by atoms with Crippen molar-refractivity contribution in [2.45, 2.75) is 58.1 Å². The van der Waals surface area contributed by atoms with Gasteiger partial charge < -0.3 is 0 Å². The standard InChI is InChI=1S/C12H24S/c1-4-5-6-12-8-11(9-13-12)7-10(2)3/h10-12H,4-9H2,1-3H3. The minimum absolute atomic E-state index is 0.899. The SMILES string of the molecule is CCCCC1CC(CC(C)C)CS1. The molecule has 2 unspecified atom stereocenters. The molecule has 0 N–H and O–H groups in total. The molecule has 1 aliphatic heterocycles. The number of unbranched alkanes of at least 4 members (excludes halogenated alkanes) is 1. The maximum absolute atomic E-state index is 2.35. The molecule has 13 heavy (non-hydrogen) atoms. The lowest BCUT2D eigenvalue weighted by Crippen LogP contribution is -2.05. The van der Waals surface area contributed by atoms with Gasteiger partial charge in [-0.3, -0.25) is 0 Å². The zero-order chi connectivity index (χ0) is 9.68. The first kappa shape index (κ1) is 11.4. The third kappa shape index (κ3) is 4.39. The molecule has 0 bridgehead atoms. The summed E-state index contributed by atoms with van der Waals surface area (Å²) in [5.41, 5.74) is 0. The van der Waals surface area contributed by atoms with Gasteiger partial charge in [-0.05, 0) is 36.9 Å². The lowest BCUT2D eigenvalue weighted by atomic mass is 9.94. The molecule has 1 heteroatoms. The topological polar surface area (TPSA) is 0 Å². The molecule has 0 spiro atoms. The van der Waals surface area contributed by atoms with E-state index >= 15 is 0 Å². The average molecular weight is 200 g/mol. The van der Waals surface area contributed by atoms with Gasteiger partial charge in [-0.1, -0.05) is 33.6 Å². The fourth-order valence-corrected chi connectivity index (χ4v) is 3.80. The van der Waals surface area contributed by atoms with E-state index in [1.165, 1.54) is 37.9 Å². The molecule has 0 nitrogen and oxygen atoms in total. The predicted molar refractivity (Wildman–Crippen MR) is 63.3 cm³/mol. The number of hydrogen-bond acceptors (Lipinski definition) is 1. The lowest BCUT2D eigenvalue weighted by molar-refractivity contribution is 0.425. The summed E-state index contributed by atoms with van der Waals surface area (Å²) >= 11 is 2.23. The van der Waals surface area contributed by atoms with Crippen LogP contribution in [0.3, 0.4) is 0 Å². The molecule has 0 saturated carbocycles. The lowest BCUT2D eigenvalue weighted by Gasteiger charge is -2.11. The van der Waals surface area contributed by atoms with Gasteiger partial charge in [-0.2, -0.15) is 11.8 Å². The Labute approximate surface area is 87.9 Å². The molecule has 2 atom stereocenters. The molecule has 0 aromatic carbocycles. The molecule has 0 amide bonds. The van der Waals surface area contributed by atoms with Gasteiger partial charge in [-0.15, -0.1) is 0 Å². The van der Waals surface area contributed by atoms with Gasteiger partial charge >= 0.3 is 0 Å². The quantitative estimate of drug-likeness (QED) is 0.636. The smallest absolute Gasteiger partial charge is 0.00500 e. The molecule has 1 rings (SSSR count). The van der Waals surface area contributed by atoms with E-state index in [1.807, 2.05) is 0 Å². The van der Waals surface area contributed by atoms with Crippen LogP contribution in [0.15, 0.2) is 0 Å². The third-order valence-electron chi connectivity index (χ3n) is 2.85. The van der Waals surface area contributed by atoms with Gasteiger partial charge in [-0.25, -0.2) is 0 Å². The van der Waals surface area contributed by atoms with Gasteiger partial charge in [0.2, 0.25) is 0 Å². The normalized spacial score (nSPS) is 28.6. The van der Waals surface area contributed by atoms with Crippen molar-refractivity contribution in [2.24, 2.45) is 11.8 Å². The monoisotopic (exact) mass is 200 g/mol. The molecule has 0 radical (unpaired) electrons. The summed E-state index contributed by atoms with van der Waals surface area (Å²) in [4.78, 5) is 0. The third-order valence-corrected chi connectivity index (χ3v) is 4.41. The van der Waals surface area contributed by atoms with Crippen LogP contribution in [-0.2, 0) is 0 Å². The van der Waals surface area contributed by atoms with Crippen molar-refractivity contribution in [3.63, 3.8) is 0 Å². The van der Waals surface area contributed by atoms with Crippen LogP contribution in [0.1, 0.15) is 52.9 Å².